The van der Waals surface area contributed by atoms with E-state index in [9.17, 15) is 14.8 Å². The van der Waals surface area contributed by atoms with E-state index in [1.165, 1.54) is 5.56 Å². The Balaban J connectivity index is 1.83. The second-order valence-corrected chi connectivity index (χ2v) is 6.13. The molecule has 1 atom stereocenters. The standard InChI is InChI=1S/C16H20N2O3/c1-2-18(21)15(20)12-3-4-13-8-16(6-5-11(13)7-12)9-14(19)17-10-16/h3-4,7,21H,2,5-6,8-10H2,1H3,(H,17,19)/t16-/m1/s1. The molecule has 3 rings (SSSR count). The molecule has 1 aromatic rings. The molecule has 2 N–H and O–H groups in total. The van der Waals surface area contributed by atoms with Crippen LogP contribution in [0.15, 0.2) is 18.2 Å². The van der Waals surface area contributed by atoms with Crippen molar-refractivity contribution in [3.05, 3.63) is 34.9 Å². The maximum atomic E-state index is 12.0. The molecule has 0 aromatic heterocycles. The molecule has 5 heteroatoms. The summed E-state index contributed by atoms with van der Waals surface area (Å²) in [6.45, 7) is 2.75. The third kappa shape index (κ3) is 2.53. The van der Waals surface area contributed by atoms with Crippen molar-refractivity contribution in [3.63, 3.8) is 0 Å². The van der Waals surface area contributed by atoms with Crippen molar-refractivity contribution >= 4 is 11.8 Å². The Kier molecular flexibility index (Phi) is 3.45. The number of carbonyl (C=O) groups is 2. The fourth-order valence-corrected chi connectivity index (χ4v) is 3.40. The van der Waals surface area contributed by atoms with Gasteiger partial charge in [0.1, 0.15) is 0 Å². The first kappa shape index (κ1) is 14.1. The number of fused-ring (bicyclic) bond motifs is 1. The summed E-state index contributed by atoms with van der Waals surface area (Å²) < 4.78 is 0. The lowest BCUT2D eigenvalue weighted by Gasteiger charge is -2.33. The van der Waals surface area contributed by atoms with Crippen LogP contribution in [0.2, 0.25) is 0 Å². The van der Waals surface area contributed by atoms with Gasteiger partial charge in [-0.3, -0.25) is 14.8 Å². The summed E-state index contributed by atoms with van der Waals surface area (Å²) in [5, 5.41) is 13.2. The summed E-state index contributed by atoms with van der Waals surface area (Å²) in [5.41, 5.74) is 2.96. The van der Waals surface area contributed by atoms with Crippen molar-refractivity contribution in [1.82, 2.24) is 10.4 Å². The normalized spacial score (nSPS) is 23.8. The van der Waals surface area contributed by atoms with Crippen LogP contribution in [0.5, 0.6) is 0 Å². The molecule has 1 heterocycles. The highest BCUT2D eigenvalue weighted by Gasteiger charge is 2.40. The summed E-state index contributed by atoms with van der Waals surface area (Å²) >= 11 is 0. The van der Waals surface area contributed by atoms with E-state index in [0.717, 1.165) is 36.4 Å². The fraction of sp³-hybridized carbons (Fsp3) is 0.500. The number of aryl methyl sites for hydroxylation is 1. The first-order valence-electron chi connectivity index (χ1n) is 7.42. The lowest BCUT2D eigenvalue weighted by atomic mass is 9.71. The van der Waals surface area contributed by atoms with Gasteiger partial charge in [-0.25, -0.2) is 5.06 Å². The molecule has 1 aliphatic heterocycles. The van der Waals surface area contributed by atoms with Crippen LogP contribution in [0.4, 0.5) is 0 Å². The molecule has 0 bridgehead atoms. The molecule has 0 unspecified atom stereocenters. The number of benzene rings is 1. The molecule has 5 nitrogen and oxygen atoms in total. The Bertz CT molecular complexity index is 599. The molecule has 0 radical (unpaired) electrons. The molecule has 21 heavy (non-hydrogen) atoms. The number of hydroxylamine groups is 2. The van der Waals surface area contributed by atoms with E-state index in [1.54, 1.807) is 13.0 Å². The lowest BCUT2D eigenvalue weighted by molar-refractivity contribution is -0.119. The number of nitrogens with zero attached hydrogens (tertiary/aromatic N) is 1. The van der Waals surface area contributed by atoms with Crippen LogP contribution in [0.25, 0.3) is 0 Å². The van der Waals surface area contributed by atoms with Crippen molar-refractivity contribution in [2.45, 2.75) is 32.6 Å². The molecule has 0 saturated carbocycles. The highest BCUT2D eigenvalue weighted by Crippen LogP contribution is 2.40. The van der Waals surface area contributed by atoms with Crippen LogP contribution in [0, 0.1) is 5.41 Å². The van der Waals surface area contributed by atoms with Gasteiger partial charge in [-0.1, -0.05) is 6.07 Å². The number of amides is 2. The van der Waals surface area contributed by atoms with Crippen LogP contribution in [0.1, 0.15) is 41.3 Å². The zero-order chi connectivity index (χ0) is 15.0. The maximum Gasteiger partial charge on any atom is 0.277 e. The van der Waals surface area contributed by atoms with Crippen LogP contribution in [-0.2, 0) is 17.6 Å². The van der Waals surface area contributed by atoms with E-state index >= 15 is 0 Å². The van der Waals surface area contributed by atoms with Gasteiger partial charge in [0, 0.05) is 30.5 Å². The predicted octanol–water partition coefficient (Wildman–Crippen LogP) is 1.53. The van der Waals surface area contributed by atoms with Gasteiger partial charge >= 0.3 is 0 Å². The number of hydrogen-bond acceptors (Lipinski definition) is 3. The molecule has 1 aromatic carbocycles. The number of rotatable bonds is 2. The summed E-state index contributed by atoms with van der Waals surface area (Å²) in [7, 11) is 0. The third-order valence-electron chi connectivity index (χ3n) is 4.67. The Morgan fingerprint density at radius 3 is 2.86 bits per heavy atom. The first-order chi connectivity index (χ1) is 10.0. The van der Waals surface area contributed by atoms with Gasteiger partial charge in [0.15, 0.2) is 0 Å². The van der Waals surface area contributed by atoms with Gasteiger partial charge in [0.2, 0.25) is 5.91 Å². The quantitative estimate of drug-likeness (QED) is 0.640. The minimum absolute atomic E-state index is 0.0576. The average molecular weight is 288 g/mol. The van der Waals surface area contributed by atoms with Crippen LogP contribution >= 0.6 is 0 Å². The zero-order valence-corrected chi connectivity index (χ0v) is 12.2. The third-order valence-corrected chi connectivity index (χ3v) is 4.67. The SMILES string of the molecule is CCN(O)C(=O)c1ccc2c(c1)CC[C@@]1(CNC(=O)C1)C2. The van der Waals surface area contributed by atoms with E-state index in [0.29, 0.717) is 12.0 Å². The van der Waals surface area contributed by atoms with E-state index < -0.39 is 0 Å². The van der Waals surface area contributed by atoms with Crippen molar-refractivity contribution in [3.8, 4) is 0 Å². The smallest absolute Gasteiger partial charge is 0.277 e. The van der Waals surface area contributed by atoms with Crippen LogP contribution in [-0.4, -0.2) is 35.2 Å². The monoisotopic (exact) mass is 288 g/mol. The molecule has 112 valence electrons. The summed E-state index contributed by atoms with van der Waals surface area (Å²) in [6.07, 6.45) is 3.33. The Labute approximate surface area is 123 Å². The van der Waals surface area contributed by atoms with Crippen molar-refractivity contribution in [2.24, 2.45) is 5.41 Å². The van der Waals surface area contributed by atoms with E-state index in [1.807, 2.05) is 12.1 Å². The number of carbonyl (C=O) groups excluding carboxylic acids is 2. The number of hydrogen-bond donors (Lipinski definition) is 2. The molecule has 2 amide bonds. The zero-order valence-electron chi connectivity index (χ0n) is 12.2. The average Bonchev–Trinajstić information content (AvgIpc) is 2.85. The maximum absolute atomic E-state index is 12.0. The highest BCUT2D eigenvalue weighted by atomic mass is 16.5. The summed E-state index contributed by atoms with van der Waals surface area (Å²) in [5.74, 6) is -0.220. The fourth-order valence-electron chi connectivity index (χ4n) is 3.40. The Morgan fingerprint density at radius 1 is 1.38 bits per heavy atom. The van der Waals surface area contributed by atoms with Crippen LogP contribution in [0.3, 0.4) is 0 Å². The van der Waals surface area contributed by atoms with E-state index in [4.69, 9.17) is 0 Å². The first-order valence-corrected chi connectivity index (χ1v) is 7.42. The summed E-state index contributed by atoms with van der Waals surface area (Å²) in [6, 6.07) is 5.62. The second kappa shape index (κ2) is 5.15. The van der Waals surface area contributed by atoms with Gasteiger partial charge in [-0.05, 0) is 49.4 Å². The van der Waals surface area contributed by atoms with E-state index in [2.05, 4.69) is 5.32 Å². The molecular formula is C16H20N2O3. The lowest BCUT2D eigenvalue weighted by Crippen LogP contribution is -2.31. The molecule has 2 aliphatic rings. The highest BCUT2D eigenvalue weighted by molar-refractivity contribution is 5.93. The van der Waals surface area contributed by atoms with Gasteiger partial charge in [-0.2, -0.15) is 0 Å². The topological polar surface area (TPSA) is 69.6 Å². The molecular weight excluding hydrogens is 268 g/mol. The van der Waals surface area contributed by atoms with Crippen molar-refractivity contribution in [2.75, 3.05) is 13.1 Å². The van der Waals surface area contributed by atoms with Gasteiger partial charge in [0.25, 0.3) is 5.91 Å². The van der Waals surface area contributed by atoms with Gasteiger partial charge in [0.05, 0.1) is 0 Å². The Hall–Kier alpha value is -1.88. The molecule has 1 aliphatic carbocycles. The van der Waals surface area contributed by atoms with Crippen molar-refractivity contribution < 1.29 is 14.8 Å². The largest absolute Gasteiger partial charge is 0.356 e. The molecule has 1 saturated heterocycles. The van der Waals surface area contributed by atoms with Gasteiger partial charge in [-0.15, -0.1) is 0 Å². The predicted molar refractivity (Wildman–Crippen MR) is 77.0 cm³/mol. The van der Waals surface area contributed by atoms with Crippen LogP contribution < -0.4 is 5.32 Å². The summed E-state index contributed by atoms with van der Waals surface area (Å²) in [4.78, 5) is 23.5. The van der Waals surface area contributed by atoms with Crippen molar-refractivity contribution in [1.29, 1.82) is 0 Å². The minimum Gasteiger partial charge on any atom is -0.356 e. The Morgan fingerprint density at radius 2 is 2.19 bits per heavy atom. The van der Waals surface area contributed by atoms with Gasteiger partial charge < -0.3 is 5.32 Å². The molecule has 1 spiro atoms. The number of nitrogens with one attached hydrogen (secondary N) is 1. The molecule has 1 fully saturated rings. The second-order valence-electron chi connectivity index (χ2n) is 6.13. The minimum atomic E-state index is -0.363. The van der Waals surface area contributed by atoms with E-state index in [-0.39, 0.29) is 23.8 Å².